The minimum Gasteiger partial charge on any atom is -0.381 e. The Morgan fingerprint density at radius 1 is 1.39 bits per heavy atom. The van der Waals surface area contributed by atoms with Crippen LogP contribution in [0, 0.1) is 18.7 Å². The maximum absolute atomic E-state index is 13.4. The molecule has 0 aromatic heterocycles. The van der Waals surface area contributed by atoms with Gasteiger partial charge in [0.05, 0.1) is 0 Å². The number of nitrogens with one attached hydrogen (secondary N) is 1. The molecule has 0 aliphatic heterocycles. The van der Waals surface area contributed by atoms with Gasteiger partial charge in [-0.1, -0.05) is 17.7 Å². The molecule has 2 nitrogen and oxygen atoms in total. The molecule has 18 heavy (non-hydrogen) atoms. The fraction of sp³-hybridized carbons (Fsp3) is 0.600. The van der Waals surface area contributed by atoms with Crippen LogP contribution in [0.1, 0.15) is 30.4 Å². The van der Waals surface area contributed by atoms with E-state index >= 15 is 0 Å². The molecule has 1 aromatic rings. The number of halogens is 1. The van der Waals surface area contributed by atoms with Gasteiger partial charge in [-0.05, 0) is 44.7 Å². The van der Waals surface area contributed by atoms with E-state index in [1.807, 2.05) is 13.0 Å². The van der Waals surface area contributed by atoms with Crippen molar-refractivity contribution in [1.82, 2.24) is 5.32 Å². The fourth-order valence-corrected chi connectivity index (χ4v) is 1.90. The Morgan fingerprint density at radius 2 is 2.22 bits per heavy atom. The van der Waals surface area contributed by atoms with Crippen molar-refractivity contribution in [2.75, 3.05) is 19.8 Å². The van der Waals surface area contributed by atoms with Gasteiger partial charge < -0.3 is 10.1 Å². The van der Waals surface area contributed by atoms with Crippen molar-refractivity contribution in [2.45, 2.75) is 32.7 Å². The van der Waals surface area contributed by atoms with Gasteiger partial charge in [-0.3, -0.25) is 0 Å². The predicted molar refractivity (Wildman–Crippen MR) is 71.0 cm³/mol. The third-order valence-corrected chi connectivity index (χ3v) is 3.21. The molecule has 0 saturated heterocycles. The second-order valence-corrected chi connectivity index (χ2v) is 5.14. The normalized spacial score (nSPS) is 15.0. The lowest BCUT2D eigenvalue weighted by Crippen LogP contribution is -2.17. The number of benzene rings is 1. The number of aryl methyl sites for hydroxylation is 1. The molecule has 0 unspecified atom stereocenters. The van der Waals surface area contributed by atoms with Crippen LogP contribution in [-0.4, -0.2) is 19.8 Å². The molecule has 1 aliphatic carbocycles. The van der Waals surface area contributed by atoms with E-state index in [4.69, 9.17) is 4.74 Å². The molecule has 0 atom stereocenters. The molecular formula is C15H22FNO. The zero-order valence-corrected chi connectivity index (χ0v) is 11.0. The number of hydrogen-bond donors (Lipinski definition) is 1. The van der Waals surface area contributed by atoms with Gasteiger partial charge in [0.15, 0.2) is 0 Å². The van der Waals surface area contributed by atoms with E-state index in [9.17, 15) is 4.39 Å². The highest BCUT2D eigenvalue weighted by Crippen LogP contribution is 2.28. The summed E-state index contributed by atoms with van der Waals surface area (Å²) in [5.41, 5.74) is 1.84. The van der Waals surface area contributed by atoms with Crippen molar-refractivity contribution in [2.24, 2.45) is 5.92 Å². The van der Waals surface area contributed by atoms with E-state index in [1.54, 1.807) is 6.07 Å². The molecule has 1 N–H and O–H groups in total. The topological polar surface area (TPSA) is 21.3 Å². The second kappa shape index (κ2) is 6.86. The van der Waals surface area contributed by atoms with Crippen LogP contribution in [0.4, 0.5) is 4.39 Å². The lowest BCUT2D eigenvalue weighted by atomic mass is 10.1. The maximum Gasteiger partial charge on any atom is 0.127 e. The Morgan fingerprint density at radius 3 is 3.00 bits per heavy atom. The lowest BCUT2D eigenvalue weighted by Gasteiger charge is -2.07. The van der Waals surface area contributed by atoms with Gasteiger partial charge in [0, 0.05) is 25.3 Å². The highest BCUT2D eigenvalue weighted by Gasteiger charge is 2.20. The van der Waals surface area contributed by atoms with Crippen LogP contribution in [0.5, 0.6) is 0 Å². The van der Waals surface area contributed by atoms with E-state index in [0.29, 0.717) is 6.54 Å². The predicted octanol–water partition coefficient (Wildman–Crippen LogP) is 3.04. The van der Waals surface area contributed by atoms with Crippen LogP contribution in [0.3, 0.4) is 0 Å². The first-order chi connectivity index (χ1) is 8.75. The molecule has 1 fully saturated rings. The quantitative estimate of drug-likeness (QED) is 0.717. The smallest absolute Gasteiger partial charge is 0.127 e. The van der Waals surface area contributed by atoms with Crippen molar-refractivity contribution in [1.29, 1.82) is 0 Å². The van der Waals surface area contributed by atoms with Crippen LogP contribution >= 0.6 is 0 Å². The molecule has 1 saturated carbocycles. The Bertz CT molecular complexity index is 377. The molecule has 1 aromatic carbocycles. The summed E-state index contributed by atoms with van der Waals surface area (Å²) in [6, 6.07) is 5.22. The summed E-state index contributed by atoms with van der Waals surface area (Å²) in [6.07, 6.45) is 3.66. The van der Waals surface area contributed by atoms with Crippen LogP contribution in [0.15, 0.2) is 18.2 Å². The first kappa shape index (κ1) is 13.5. The van der Waals surface area contributed by atoms with E-state index < -0.39 is 0 Å². The van der Waals surface area contributed by atoms with Crippen LogP contribution in [-0.2, 0) is 11.3 Å². The molecule has 1 aliphatic rings. The monoisotopic (exact) mass is 251 g/mol. The largest absolute Gasteiger partial charge is 0.381 e. The number of rotatable bonds is 8. The third-order valence-electron chi connectivity index (χ3n) is 3.21. The molecule has 0 heterocycles. The third kappa shape index (κ3) is 4.75. The standard InChI is InChI=1S/C15H22FNO/c1-12-3-6-15(16)14(9-12)10-17-7-2-8-18-11-13-4-5-13/h3,6,9,13,17H,2,4-5,7-8,10-11H2,1H3. The average Bonchev–Trinajstić information content (AvgIpc) is 3.16. The van der Waals surface area contributed by atoms with Gasteiger partial charge in [0.1, 0.15) is 5.82 Å². The molecule has 0 radical (unpaired) electrons. The number of ether oxygens (including phenoxy) is 1. The fourth-order valence-electron chi connectivity index (χ4n) is 1.90. The zero-order chi connectivity index (χ0) is 12.8. The molecule has 0 bridgehead atoms. The van der Waals surface area contributed by atoms with Crippen molar-refractivity contribution in [3.63, 3.8) is 0 Å². The lowest BCUT2D eigenvalue weighted by molar-refractivity contribution is 0.122. The Labute approximate surface area is 109 Å². The van der Waals surface area contributed by atoms with Gasteiger partial charge in [-0.2, -0.15) is 0 Å². The minimum atomic E-state index is -0.127. The molecule has 0 spiro atoms. The van der Waals surface area contributed by atoms with Gasteiger partial charge in [0.2, 0.25) is 0 Å². The summed E-state index contributed by atoms with van der Waals surface area (Å²) in [4.78, 5) is 0. The van der Waals surface area contributed by atoms with E-state index in [-0.39, 0.29) is 5.82 Å². The van der Waals surface area contributed by atoms with Gasteiger partial charge in [-0.25, -0.2) is 4.39 Å². The Balaban J connectivity index is 1.55. The Hall–Kier alpha value is -0.930. The van der Waals surface area contributed by atoms with E-state index in [1.165, 1.54) is 18.9 Å². The minimum absolute atomic E-state index is 0.127. The molecule has 100 valence electrons. The summed E-state index contributed by atoms with van der Waals surface area (Å²) in [6.45, 7) is 5.18. The first-order valence-electron chi connectivity index (χ1n) is 6.79. The summed E-state index contributed by atoms with van der Waals surface area (Å²) >= 11 is 0. The summed E-state index contributed by atoms with van der Waals surface area (Å²) in [5, 5.41) is 3.25. The van der Waals surface area contributed by atoms with Gasteiger partial charge >= 0.3 is 0 Å². The SMILES string of the molecule is Cc1ccc(F)c(CNCCCOCC2CC2)c1. The zero-order valence-electron chi connectivity index (χ0n) is 11.0. The highest BCUT2D eigenvalue weighted by atomic mass is 19.1. The first-order valence-corrected chi connectivity index (χ1v) is 6.79. The summed E-state index contributed by atoms with van der Waals surface area (Å²) < 4.78 is 19.0. The number of hydrogen-bond acceptors (Lipinski definition) is 2. The average molecular weight is 251 g/mol. The van der Waals surface area contributed by atoms with Crippen molar-refractivity contribution in [3.05, 3.63) is 35.1 Å². The maximum atomic E-state index is 13.4. The van der Waals surface area contributed by atoms with Crippen molar-refractivity contribution < 1.29 is 9.13 Å². The van der Waals surface area contributed by atoms with Gasteiger partial charge in [0.25, 0.3) is 0 Å². The summed E-state index contributed by atoms with van der Waals surface area (Å²) in [5.74, 6) is 0.706. The van der Waals surface area contributed by atoms with Gasteiger partial charge in [-0.15, -0.1) is 0 Å². The molecule has 2 rings (SSSR count). The van der Waals surface area contributed by atoms with Crippen LogP contribution in [0.2, 0.25) is 0 Å². The van der Waals surface area contributed by atoms with Crippen LogP contribution < -0.4 is 5.32 Å². The van der Waals surface area contributed by atoms with E-state index in [2.05, 4.69) is 5.32 Å². The molecular weight excluding hydrogens is 229 g/mol. The van der Waals surface area contributed by atoms with Crippen LogP contribution in [0.25, 0.3) is 0 Å². The molecule has 3 heteroatoms. The van der Waals surface area contributed by atoms with E-state index in [0.717, 1.165) is 43.2 Å². The second-order valence-electron chi connectivity index (χ2n) is 5.14. The van der Waals surface area contributed by atoms with Crippen molar-refractivity contribution >= 4 is 0 Å². The van der Waals surface area contributed by atoms with Crippen molar-refractivity contribution in [3.8, 4) is 0 Å². The summed E-state index contributed by atoms with van der Waals surface area (Å²) in [7, 11) is 0. The molecule has 0 amide bonds. The Kier molecular flexibility index (Phi) is 5.14. The highest BCUT2D eigenvalue weighted by molar-refractivity contribution is 5.23.